The molecule has 1 aliphatic heterocycles. The second kappa shape index (κ2) is 8.08. The standard InChI is InChI=1S/C22H27N3O3S/c1-24-12-9-17(10-13-24)16-23-19-3-6-21(7-4-19)29(26,27)25-14-11-18-15-20(28-2)5-8-22(18)25/h3-8,11,14-15,17,23H,9-10,12-13,16H2,1-2H3. The molecule has 1 aliphatic rings. The van der Waals surface area contributed by atoms with E-state index in [0.717, 1.165) is 30.7 Å². The number of likely N-dealkylation sites (tertiary alicyclic amines) is 1. The van der Waals surface area contributed by atoms with Crippen molar-refractivity contribution in [2.24, 2.45) is 5.92 Å². The number of nitrogens with zero attached hydrogens (tertiary/aromatic N) is 2. The zero-order valence-corrected chi connectivity index (χ0v) is 17.7. The highest BCUT2D eigenvalue weighted by Gasteiger charge is 2.20. The maximum absolute atomic E-state index is 13.1. The van der Waals surface area contributed by atoms with Crippen LogP contribution in [0.15, 0.2) is 59.6 Å². The van der Waals surface area contributed by atoms with Gasteiger partial charge in [0.1, 0.15) is 5.75 Å². The lowest BCUT2D eigenvalue weighted by Crippen LogP contribution is -2.32. The van der Waals surface area contributed by atoms with Crippen LogP contribution in [-0.4, -0.2) is 51.1 Å². The Morgan fingerprint density at radius 1 is 1.07 bits per heavy atom. The van der Waals surface area contributed by atoms with Gasteiger partial charge >= 0.3 is 0 Å². The second-order valence-corrected chi connectivity index (χ2v) is 9.51. The molecule has 29 heavy (non-hydrogen) atoms. The average Bonchev–Trinajstić information content (AvgIpc) is 3.17. The zero-order chi connectivity index (χ0) is 20.4. The summed E-state index contributed by atoms with van der Waals surface area (Å²) in [6, 6.07) is 14.2. The van der Waals surface area contributed by atoms with Crippen molar-refractivity contribution in [2.75, 3.05) is 39.1 Å². The molecule has 2 aromatic carbocycles. The fourth-order valence-corrected chi connectivity index (χ4v) is 5.17. The molecule has 4 rings (SSSR count). The Kier molecular flexibility index (Phi) is 5.52. The van der Waals surface area contributed by atoms with Crippen LogP contribution < -0.4 is 10.1 Å². The molecule has 2 heterocycles. The number of methoxy groups -OCH3 is 1. The predicted molar refractivity (Wildman–Crippen MR) is 116 cm³/mol. The molecule has 0 aliphatic carbocycles. The Morgan fingerprint density at radius 3 is 2.48 bits per heavy atom. The fourth-order valence-electron chi connectivity index (χ4n) is 3.82. The number of nitrogens with one attached hydrogen (secondary N) is 1. The van der Waals surface area contributed by atoms with E-state index >= 15 is 0 Å². The third-order valence-corrected chi connectivity index (χ3v) is 7.41. The summed E-state index contributed by atoms with van der Waals surface area (Å²) in [6.45, 7) is 3.20. The van der Waals surface area contributed by atoms with E-state index in [0.29, 0.717) is 17.2 Å². The summed E-state index contributed by atoms with van der Waals surface area (Å²) in [6.07, 6.45) is 3.98. The summed E-state index contributed by atoms with van der Waals surface area (Å²) >= 11 is 0. The van der Waals surface area contributed by atoms with Crippen molar-refractivity contribution in [3.05, 3.63) is 54.7 Å². The van der Waals surface area contributed by atoms with Crippen molar-refractivity contribution < 1.29 is 13.2 Å². The molecule has 1 fully saturated rings. The van der Waals surface area contributed by atoms with E-state index in [-0.39, 0.29) is 4.90 Å². The van der Waals surface area contributed by atoms with Gasteiger partial charge in [0.2, 0.25) is 0 Å². The molecule has 0 amide bonds. The third kappa shape index (κ3) is 4.11. The molecule has 1 saturated heterocycles. The van der Waals surface area contributed by atoms with Gasteiger partial charge in [0.05, 0.1) is 17.5 Å². The van der Waals surface area contributed by atoms with Crippen molar-refractivity contribution in [1.82, 2.24) is 8.87 Å². The van der Waals surface area contributed by atoms with Crippen LogP contribution in [0.1, 0.15) is 12.8 Å². The van der Waals surface area contributed by atoms with Crippen molar-refractivity contribution in [3.8, 4) is 5.75 Å². The Bertz CT molecular complexity index is 1080. The van der Waals surface area contributed by atoms with Crippen LogP contribution in [-0.2, 0) is 10.0 Å². The first-order valence-electron chi connectivity index (χ1n) is 9.90. The van der Waals surface area contributed by atoms with Crippen LogP contribution in [0.5, 0.6) is 5.75 Å². The molecular weight excluding hydrogens is 386 g/mol. The molecule has 0 unspecified atom stereocenters. The minimum Gasteiger partial charge on any atom is -0.497 e. The highest BCUT2D eigenvalue weighted by Crippen LogP contribution is 2.26. The van der Waals surface area contributed by atoms with Gasteiger partial charge in [-0.15, -0.1) is 0 Å². The third-order valence-electron chi connectivity index (χ3n) is 5.71. The summed E-state index contributed by atoms with van der Waals surface area (Å²) in [5.41, 5.74) is 1.58. The first-order valence-corrected chi connectivity index (χ1v) is 11.3. The Hall–Kier alpha value is -2.51. The van der Waals surface area contributed by atoms with E-state index < -0.39 is 10.0 Å². The number of hydrogen-bond acceptors (Lipinski definition) is 5. The second-order valence-electron chi connectivity index (χ2n) is 7.69. The molecule has 1 N–H and O–H groups in total. The first-order chi connectivity index (χ1) is 14.0. The number of rotatable bonds is 6. The van der Waals surface area contributed by atoms with Gasteiger partial charge in [-0.05, 0) is 87.4 Å². The van der Waals surface area contributed by atoms with E-state index in [2.05, 4.69) is 17.3 Å². The highest BCUT2D eigenvalue weighted by atomic mass is 32.2. The van der Waals surface area contributed by atoms with E-state index in [9.17, 15) is 8.42 Å². The minimum absolute atomic E-state index is 0.274. The molecule has 0 bridgehead atoms. The maximum atomic E-state index is 13.1. The Morgan fingerprint density at radius 2 is 1.79 bits per heavy atom. The molecule has 0 atom stereocenters. The normalized spacial score (nSPS) is 16.2. The van der Waals surface area contributed by atoms with E-state index in [1.807, 2.05) is 18.2 Å². The molecular formula is C22H27N3O3S. The van der Waals surface area contributed by atoms with Crippen LogP contribution in [0, 0.1) is 5.92 Å². The van der Waals surface area contributed by atoms with Gasteiger partial charge < -0.3 is 15.0 Å². The summed E-state index contributed by atoms with van der Waals surface area (Å²) in [5, 5.41) is 4.27. The molecule has 7 heteroatoms. The van der Waals surface area contributed by atoms with Crippen LogP contribution >= 0.6 is 0 Å². The highest BCUT2D eigenvalue weighted by molar-refractivity contribution is 7.90. The monoisotopic (exact) mass is 413 g/mol. The van der Waals surface area contributed by atoms with Crippen molar-refractivity contribution >= 4 is 26.6 Å². The quantitative estimate of drug-likeness (QED) is 0.668. The zero-order valence-electron chi connectivity index (χ0n) is 16.8. The van der Waals surface area contributed by atoms with Gasteiger partial charge in [-0.25, -0.2) is 12.4 Å². The number of ether oxygens (including phenoxy) is 1. The van der Waals surface area contributed by atoms with Gasteiger partial charge in [-0.2, -0.15) is 0 Å². The molecule has 6 nitrogen and oxygen atoms in total. The summed E-state index contributed by atoms with van der Waals surface area (Å²) in [4.78, 5) is 2.63. The molecule has 0 saturated carbocycles. The van der Waals surface area contributed by atoms with Crippen molar-refractivity contribution in [2.45, 2.75) is 17.7 Å². The number of hydrogen-bond donors (Lipinski definition) is 1. The lowest BCUT2D eigenvalue weighted by Gasteiger charge is -2.29. The van der Waals surface area contributed by atoms with Crippen LogP contribution in [0.25, 0.3) is 10.9 Å². The van der Waals surface area contributed by atoms with Gasteiger partial charge in [-0.1, -0.05) is 0 Å². The van der Waals surface area contributed by atoms with E-state index in [4.69, 9.17) is 4.74 Å². The molecule has 1 aromatic heterocycles. The molecule has 0 spiro atoms. The lowest BCUT2D eigenvalue weighted by atomic mass is 9.97. The first kappa shape index (κ1) is 19.8. The van der Waals surface area contributed by atoms with Crippen LogP contribution in [0.2, 0.25) is 0 Å². The summed E-state index contributed by atoms with van der Waals surface area (Å²) in [5.74, 6) is 1.37. The Labute approximate surface area is 172 Å². The average molecular weight is 414 g/mol. The van der Waals surface area contributed by atoms with Gasteiger partial charge in [0, 0.05) is 23.8 Å². The number of anilines is 1. The van der Waals surface area contributed by atoms with E-state index in [1.165, 1.54) is 16.8 Å². The van der Waals surface area contributed by atoms with Crippen LogP contribution in [0.3, 0.4) is 0 Å². The topological polar surface area (TPSA) is 63.6 Å². The largest absolute Gasteiger partial charge is 0.497 e. The molecule has 0 radical (unpaired) electrons. The van der Waals surface area contributed by atoms with Crippen LogP contribution in [0.4, 0.5) is 5.69 Å². The van der Waals surface area contributed by atoms with Gasteiger partial charge in [-0.3, -0.25) is 0 Å². The van der Waals surface area contributed by atoms with Crippen molar-refractivity contribution in [1.29, 1.82) is 0 Å². The lowest BCUT2D eigenvalue weighted by molar-refractivity contribution is 0.226. The van der Waals surface area contributed by atoms with E-state index in [1.54, 1.807) is 43.6 Å². The number of aromatic nitrogens is 1. The van der Waals surface area contributed by atoms with Gasteiger partial charge in [0.25, 0.3) is 10.0 Å². The number of piperidine rings is 1. The minimum atomic E-state index is -3.66. The molecule has 3 aromatic rings. The maximum Gasteiger partial charge on any atom is 0.268 e. The predicted octanol–water partition coefficient (Wildman–Crippen LogP) is 3.64. The SMILES string of the molecule is COc1ccc2c(ccn2S(=O)(=O)c2ccc(NCC3CCN(C)CC3)cc2)c1. The summed E-state index contributed by atoms with van der Waals surface area (Å²) in [7, 11) is 0.0969. The summed E-state index contributed by atoms with van der Waals surface area (Å²) < 4.78 is 32.8. The Balaban J connectivity index is 1.49. The fraction of sp³-hybridized carbons (Fsp3) is 0.364. The molecule has 154 valence electrons. The van der Waals surface area contributed by atoms with Gasteiger partial charge in [0.15, 0.2) is 0 Å². The smallest absolute Gasteiger partial charge is 0.268 e. The van der Waals surface area contributed by atoms with Crippen molar-refractivity contribution in [3.63, 3.8) is 0 Å². The number of fused-ring (bicyclic) bond motifs is 1. The number of benzene rings is 2.